The normalized spacial score (nSPS) is 13.0. The third-order valence-corrected chi connectivity index (χ3v) is 3.50. The highest BCUT2D eigenvalue weighted by atomic mass is 35.5. The fraction of sp³-hybridized carbons (Fsp3) is 0.615. The maximum absolute atomic E-state index is 12.0. The lowest BCUT2D eigenvalue weighted by Gasteiger charge is -2.21. The van der Waals surface area contributed by atoms with Gasteiger partial charge < -0.3 is 15.8 Å². The van der Waals surface area contributed by atoms with Gasteiger partial charge in [0.05, 0.1) is 24.3 Å². The van der Waals surface area contributed by atoms with Crippen LogP contribution in [0.2, 0.25) is 0 Å². The van der Waals surface area contributed by atoms with Crippen molar-refractivity contribution in [3.05, 3.63) is 11.1 Å². The van der Waals surface area contributed by atoms with E-state index in [1.165, 1.54) is 11.3 Å². The summed E-state index contributed by atoms with van der Waals surface area (Å²) < 4.78 is 4.84. The van der Waals surface area contributed by atoms with Crippen molar-refractivity contribution in [2.75, 3.05) is 11.9 Å². The van der Waals surface area contributed by atoms with Gasteiger partial charge in [-0.3, -0.25) is 9.59 Å². The number of carbonyl (C=O) groups excluding carboxylic acids is 2. The summed E-state index contributed by atoms with van der Waals surface area (Å²) in [5.74, 6) is -0.596. The first kappa shape index (κ1) is 19.8. The van der Waals surface area contributed by atoms with Crippen LogP contribution in [-0.4, -0.2) is 29.0 Å². The van der Waals surface area contributed by atoms with Crippen LogP contribution in [0.4, 0.5) is 5.13 Å². The van der Waals surface area contributed by atoms with Crippen LogP contribution in [0.25, 0.3) is 0 Å². The summed E-state index contributed by atoms with van der Waals surface area (Å²) in [5.41, 5.74) is 5.60. The number of hydrogen-bond donors (Lipinski definition) is 2. The van der Waals surface area contributed by atoms with E-state index in [0.717, 1.165) is 6.42 Å². The predicted molar refractivity (Wildman–Crippen MR) is 85.8 cm³/mol. The molecule has 120 valence electrons. The molecular formula is C13H22ClN3O3S. The molecule has 0 fully saturated rings. The van der Waals surface area contributed by atoms with Crippen molar-refractivity contribution in [2.45, 2.75) is 45.6 Å². The number of nitrogens with two attached hydrogens (primary N) is 1. The van der Waals surface area contributed by atoms with E-state index in [9.17, 15) is 9.59 Å². The lowest BCUT2D eigenvalue weighted by molar-refractivity contribution is -0.142. The zero-order valence-corrected chi connectivity index (χ0v) is 14.1. The van der Waals surface area contributed by atoms with E-state index in [4.69, 9.17) is 10.5 Å². The number of amides is 1. The summed E-state index contributed by atoms with van der Waals surface area (Å²) in [4.78, 5) is 27.5. The van der Waals surface area contributed by atoms with E-state index < -0.39 is 5.54 Å². The van der Waals surface area contributed by atoms with Gasteiger partial charge in [-0.25, -0.2) is 4.98 Å². The fourth-order valence-corrected chi connectivity index (χ4v) is 2.38. The summed E-state index contributed by atoms with van der Waals surface area (Å²) in [5, 5.41) is 4.85. The number of carbonyl (C=O) groups is 2. The van der Waals surface area contributed by atoms with Crippen molar-refractivity contribution in [3.63, 3.8) is 0 Å². The number of esters is 1. The molecule has 1 unspecified atom stereocenters. The van der Waals surface area contributed by atoms with E-state index in [1.807, 2.05) is 6.92 Å². The molecule has 6 nitrogen and oxygen atoms in total. The zero-order chi connectivity index (χ0) is 15.2. The van der Waals surface area contributed by atoms with Crippen LogP contribution >= 0.6 is 23.7 Å². The van der Waals surface area contributed by atoms with E-state index in [2.05, 4.69) is 10.3 Å². The minimum Gasteiger partial charge on any atom is -0.466 e. The molecule has 3 N–H and O–H groups in total. The molecular weight excluding hydrogens is 314 g/mol. The largest absolute Gasteiger partial charge is 0.466 e. The Bertz CT molecular complexity index is 477. The summed E-state index contributed by atoms with van der Waals surface area (Å²) in [6, 6.07) is 0. The zero-order valence-electron chi connectivity index (χ0n) is 12.5. The van der Waals surface area contributed by atoms with Gasteiger partial charge in [0, 0.05) is 5.38 Å². The quantitative estimate of drug-likeness (QED) is 0.744. The van der Waals surface area contributed by atoms with Crippen LogP contribution < -0.4 is 11.1 Å². The first-order valence-corrected chi connectivity index (χ1v) is 7.47. The minimum atomic E-state index is -0.915. The molecule has 0 radical (unpaired) electrons. The minimum absolute atomic E-state index is 0. The first-order chi connectivity index (χ1) is 9.39. The van der Waals surface area contributed by atoms with Gasteiger partial charge in [0.2, 0.25) is 5.91 Å². The number of aromatic nitrogens is 1. The van der Waals surface area contributed by atoms with E-state index in [0.29, 0.717) is 23.9 Å². The molecule has 1 rings (SSSR count). The number of hydrogen-bond acceptors (Lipinski definition) is 6. The smallest absolute Gasteiger partial charge is 0.311 e. The third kappa shape index (κ3) is 6.41. The molecule has 0 aliphatic rings. The van der Waals surface area contributed by atoms with Crippen LogP contribution in [0.3, 0.4) is 0 Å². The molecule has 21 heavy (non-hydrogen) atoms. The molecule has 1 aromatic heterocycles. The van der Waals surface area contributed by atoms with Crippen LogP contribution in [0.5, 0.6) is 0 Å². The Kier molecular flexibility index (Phi) is 8.46. The van der Waals surface area contributed by atoms with Crippen LogP contribution in [0.15, 0.2) is 5.38 Å². The molecule has 0 spiro atoms. The number of rotatable bonds is 7. The second kappa shape index (κ2) is 8.96. The Balaban J connectivity index is 0.00000400. The Hall–Kier alpha value is -1.18. The molecule has 1 aromatic rings. The summed E-state index contributed by atoms with van der Waals surface area (Å²) >= 11 is 1.27. The number of ether oxygens (including phenoxy) is 1. The molecule has 1 atom stereocenters. The van der Waals surface area contributed by atoms with Gasteiger partial charge in [0.1, 0.15) is 0 Å². The molecule has 1 amide bonds. The van der Waals surface area contributed by atoms with Crippen LogP contribution in [0, 0.1) is 0 Å². The number of thiazole rings is 1. The molecule has 0 aromatic carbocycles. The number of nitrogens with one attached hydrogen (secondary N) is 1. The van der Waals surface area contributed by atoms with Gasteiger partial charge >= 0.3 is 5.97 Å². The van der Waals surface area contributed by atoms with E-state index in [1.54, 1.807) is 19.2 Å². The summed E-state index contributed by atoms with van der Waals surface area (Å²) in [6.07, 6.45) is 1.53. The molecule has 0 aliphatic heterocycles. The average Bonchev–Trinajstić information content (AvgIpc) is 2.76. The van der Waals surface area contributed by atoms with E-state index >= 15 is 0 Å². The SMILES string of the molecule is CCCC(C)(N)C(=O)Nc1nc(CC(=O)OCC)cs1.Cl. The Morgan fingerprint density at radius 1 is 1.48 bits per heavy atom. The standard InChI is InChI=1S/C13H21N3O3S.ClH/c1-4-6-13(3,14)11(18)16-12-15-9(8-20-12)7-10(17)19-5-2;/h8H,4-7,14H2,1-3H3,(H,15,16,18);1H. The van der Waals surface area contributed by atoms with Gasteiger partial charge in [0.15, 0.2) is 5.13 Å². The molecule has 0 saturated heterocycles. The third-order valence-electron chi connectivity index (χ3n) is 2.69. The topological polar surface area (TPSA) is 94.3 Å². The summed E-state index contributed by atoms with van der Waals surface area (Å²) in [7, 11) is 0. The number of halogens is 1. The molecule has 0 saturated carbocycles. The van der Waals surface area contributed by atoms with Crippen molar-refractivity contribution < 1.29 is 14.3 Å². The highest BCUT2D eigenvalue weighted by Gasteiger charge is 2.27. The van der Waals surface area contributed by atoms with Crippen LogP contribution in [-0.2, 0) is 20.7 Å². The maximum Gasteiger partial charge on any atom is 0.311 e. The van der Waals surface area contributed by atoms with Crippen molar-refractivity contribution in [3.8, 4) is 0 Å². The second-order valence-electron chi connectivity index (χ2n) is 4.75. The monoisotopic (exact) mass is 335 g/mol. The first-order valence-electron chi connectivity index (χ1n) is 6.59. The highest BCUT2D eigenvalue weighted by molar-refractivity contribution is 7.13. The Morgan fingerprint density at radius 3 is 2.71 bits per heavy atom. The predicted octanol–water partition coefficient (Wildman–Crippen LogP) is 2.13. The second-order valence-corrected chi connectivity index (χ2v) is 5.61. The number of anilines is 1. The molecule has 0 bridgehead atoms. The Morgan fingerprint density at radius 2 is 2.14 bits per heavy atom. The molecule has 1 heterocycles. The van der Waals surface area contributed by atoms with Crippen LogP contribution in [0.1, 0.15) is 39.3 Å². The van der Waals surface area contributed by atoms with E-state index in [-0.39, 0.29) is 30.7 Å². The molecule has 0 aliphatic carbocycles. The Labute approximate surface area is 134 Å². The van der Waals surface area contributed by atoms with Gasteiger partial charge in [0.25, 0.3) is 0 Å². The maximum atomic E-state index is 12.0. The lowest BCUT2D eigenvalue weighted by Crippen LogP contribution is -2.48. The van der Waals surface area contributed by atoms with Gasteiger partial charge in [-0.2, -0.15) is 0 Å². The fourth-order valence-electron chi connectivity index (χ4n) is 1.68. The van der Waals surface area contributed by atoms with Crippen molar-refractivity contribution in [2.24, 2.45) is 5.73 Å². The molecule has 8 heteroatoms. The van der Waals surface area contributed by atoms with Gasteiger partial charge in [-0.05, 0) is 20.3 Å². The summed E-state index contributed by atoms with van der Waals surface area (Å²) in [6.45, 7) is 5.76. The van der Waals surface area contributed by atoms with Crippen molar-refractivity contribution in [1.29, 1.82) is 0 Å². The highest BCUT2D eigenvalue weighted by Crippen LogP contribution is 2.18. The van der Waals surface area contributed by atoms with Crippen molar-refractivity contribution in [1.82, 2.24) is 4.98 Å². The lowest BCUT2D eigenvalue weighted by atomic mass is 9.97. The van der Waals surface area contributed by atoms with Gasteiger partial charge in [-0.1, -0.05) is 13.3 Å². The van der Waals surface area contributed by atoms with Gasteiger partial charge in [-0.15, -0.1) is 23.7 Å². The number of nitrogens with zero attached hydrogens (tertiary/aromatic N) is 1. The average molecular weight is 336 g/mol. The van der Waals surface area contributed by atoms with Crippen molar-refractivity contribution >= 4 is 40.8 Å².